The average Bonchev–Trinajstić information content (AvgIpc) is 2.32. The van der Waals surface area contributed by atoms with Crippen LogP contribution in [0.1, 0.15) is 5.56 Å². The summed E-state index contributed by atoms with van der Waals surface area (Å²) in [6.07, 6.45) is 1.34. The van der Waals surface area contributed by atoms with Crippen molar-refractivity contribution in [2.45, 2.75) is 6.42 Å². The first kappa shape index (κ1) is 12.5. The minimum absolute atomic E-state index is 0.170. The van der Waals surface area contributed by atoms with Crippen molar-refractivity contribution in [3.8, 4) is 11.1 Å². The van der Waals surface area contributed by atoms with Crippen LogP contribution in [-0.4, -0.2) is 16.1 Å². The summed E-state index contributed by atoms with van der Waals surface area (Å²) in [6, 6.07) is 7.52. The summed E-state index contributed by atoms with van der Waals surface area (Å²) in [5.41, 5.74) is 1.90. The van der Waals surface area contributed by atoms with E-state index in [-0.39, 0.29) is 17.4 Å². The summed E-state index contributed by atoms with van der Waals surface area (Å²) in [5, 5.41) is 8.92. The van der Waals surface area contributed by atoms with Crippen LogP contribution in [0, 0.1) is 5.82 Å². The first-order valence-corrected chi connectivity index (χ1v) is 5.56. The molecule has 0 unspecified atom stereocenters. The third-order valence-electron chi connectivity index (χ3n) is 2.43. The van der Waals surface area contributed by atoms with Crippen LogP contribution in [0.4, 0.5) is 4.39 Å². The zero-order chi connectivity index (χ0) is 13.1. The van der Waals surface area contributed by atoms with E-state index < -0.39 is 5.97 Å². The standard InChI is InChI=1S/C13H9ClFNO2/c14-13-9(6-12(17)18)5-10(7-16-13)8-1-3-11(15)4-2-8/h1-5,7H,6H2,(H,17,18). The average molecular weight is 266 g/mol. The lowest BCUT2D eigenvalue weighted by Gasteiger charge is -2.05. The number of benzene rings is 1. The van der Waals surface area contributed by atoms with Crippen molar-refractivity contribution in [2.24, 2.45) is 0 Å². The van der Waals surface area contributed by atoms with Gasteiger partial charge in [-0.25, -0.2) is 9.37 Å². The summed E-state index contributed by atoms with van der Waals surface area (Å²) in [6.45, 7) is 0. The summed E-state index contributed by atoms with van der Waals surface area (Å²) < 4.78 is 12.8. The molecule has 0 saturated carbocycles. The van der Waals surface area contributed by atoms with E-state index in [1.165, 1.54) is 18.3 Å². The fourth-order valence-electron chi connectivity index (χ4n) is 1.58. The number of rotatable bonds is 3. The quantitative estimate of drug-likeness (QED) is 0.867. The maximum atomic E-state index is 12.8. The van der Waals surface area contributed by atoms with E-state index in [1.807, 2.05) is 0 Å². The molecule has 1 aromatic carbocycles. The van der Waals surface area contributed by atoms with Gasteiger partial charge in [0.2, 0.25) is 0 Å². The molecular formula is C13H9ClFNO2. The Morgan fingerprint density at radius 3 is 2.56 bits per heavy atom. The molecule has 0 saturated heterocycles. The molecule has 2 aromatic rings. The van der Waals surface area contributed by atoms with E-state index in [0.717, 1.165) is 5.56 Å². The van der Waals surface area contributed by atoms with Gasteiger partial charge in [0.1, 0.15) is 11.0 Å². The van der Waals surface area contributed by atoms with Crippen LogP contribution in [0.5, 0.6) is 0 Å². The lowest BCUT2D eigenvalue weighted by atomic mass is 10.0. The normalized spacial score (nSPS) is 10.3. The maximum absolute atomic E-state index is 12.8. The minimum Gasteiger partial charge on any atom is -0.481 e. The van der Waals surface area contributed by atoms with Gasteiger partial charge in [-0.2, -0.15) is 0 Å². The van der Waals surface area contributed by atoms with Gasteiger partial charge < -0.3 is 5.11 Å². The molecule has 3 nitrogen and oxygen atoms in total. The van der Waals surface area contributed by atoms with Crippen LogP contribution in [-0.2, 0) is 11.2 Å². The minimum atomic E-state index is -0.977. The van der Waals surface area contributed by atoms with Crippen LogP contribution in [0.25, 0.3) is 11.1 Å². The second-order valence-electron chi connectivity index (χ2n) is 3.75. The molecular weight excluding hydrogens is 257 g/mol. The van der Waals surface area contributed by atoms with Crippen molar-refractivity contribution in [1.82, 2.24) is 4.98 Å². The van der Waals surface area contributed by atoms with Gasteiger partial charge >= 0.3 is 5.97 Å². The van der Waals surface area contributed by atoms with Gasteiger partial charge in [0.15, 0.2) is 0 Å². The molecule has 0 radical (unpaired) electrons. The number of aliphatic carboxylic acids is 1. The predicted octanol–water partition coefficient (Wildman–Crippen LogP) is 3.17. The highest BCUT2D eigenvalue weighted by Crippen LogP contribution is 2.23. The molecule has 0 bridgehead atoms. The molecule has 0 atom stereocenters. The number of hydrogen-bond acceptors (Lipinski definition) is 2. The molecule has 1 heterocycles. The smallest absolute Gasteiger partial charge is 0.307 e. The Labute approximate surface area is 108 Å². The molecule has 0 aliphatic rings. The van der Waals surface area contributed by atoms with E-state index in [2.05, 4.69) is 4.98 Å². The number of halogens is 2. The Morgan fingerprint density at radius 2 is 1.94 bits per heavy atom. The Bertz CT molecular complexity index is 584. The first-order chi connectivity index (χ1) is 8.56. The van der Waals surface area contributed by atoms with Gasteiger partial charge in [-0.05, 0) is 23.8 Å². The van der Waals surface area contributed by atoms with Crippen molar-refractivity contribution < 1.29 is 14.3 Å². The summed E-state index contributed by atoms with van der Waals surface area (Å²) in [5.74, 6) is -1.30. The largest absolute Gasteiger partial charge is 0.481 e. The number of pyridine rings is 1. The predicted molar refractivity (Wildman–Crippen MR) is 66.0 cm³/mol. The number of aromatic nitrogens is 1. The molecule has 0 amide bonds. The lowest BCUT2D eigenvalue weighted by Crippen LogP contribution is -2.02. The number of hydrogen-bond donors (Lipinski definition) is 1. The van der Waals surface area contributed by atoms with Crippen molar-refractivity contribution in [1.29, 1.82) is 0 Å². The van der Waals surface area contributed by atoms with Crippen LogP contribution in [0.3, 0.4) is 0 Å². The van der Waals surface area contributed by atoms with E-state index in [1.54, 1.807) is 18.2 Å². The van der Waals surface area contributed by atoms with Crippen LogP contribution < -0.4 is 0 Å². The highest BCUT2D eigenvalue weighted by Gasteiger charge is 2.09. The van der Waals surface area contributed by atoms with Crippen LogP contribution in [0.15, 0.2) is 36.5 Å². The molecule has 0 fully saturated rings. The summed E-state index contributed by atoms with van der Waals surface area (Å²) in [7, 11) is 0. The summed E-state index contributed by atoms with van der Waals surface area (Å²) in [4.78, 5) is 14.6. The second kappa shape index (κ2) is 5.14. The monoisotopic (exact) mass is 265 g/mol. The Kier molecular flexibility index (Phi) is 3.58. The van der Waals surface area contributed by atoms with Gasteiger partial charge in [-0.1, -0.05) is 23.7 Å². The van der Waals surface area contributed by atoms with Crippen LogP contribution in [0.2, 0.25) is 5.15 Å². The molecule has 5 heteroatoms. The summed E-state index contributed by atoms with van der Waals surface area (Å²) >= 11 is 5.82. The lowest BCUT2D eigenvalue weighted by molar-refractivity contribution is -0.136. The van der Waals surface area contributed by atoms with E-state index in [0.29, 0.717) is 11.1 Å². The fraction of sp³-hybridized carbons (Fsp3) is 0.0769. The van der Waals surface area contributed by atoms with Crippen molar-refractivity contribution in [3.63, 3.8) is 0 Å². The third-order valence-corrected chi connectivity index (χ3v) is 2.77. The number of carboxylic acid groups (broad SMARTS) is 1. The highest BCUT2D eigenvalue weighted by molar-refractivity contribution is 6.30. The van der Waals surface area contributed by atoms with E-state index in [4.69, 9.17) is 16.7 Å². The van der Waals surface area contributed by atoms with Crippen molar-refractivity contribution in [3.05, 3.63) is 53.1 Å². The SMILES string of the molecule is O=C(O)Cc1cc(-c2ccc(F)cc2)cnc1Cl. The topological polar surface area (TPSA) is 50.2 Å². The Hall–Kier alpha value is -1.94. The fourth-order valence-corrected chi connectivity index (χ4v) is 1.75. The molecule has 18 heavy (non-hydrogen) atoms. The number of carbonyl (C=O) groups is 1. The van der Waals surface area contributed by atoms with Gasteiger partial charge in [-0.3, -0.25) is 4.79 Å². The second-order valence-corrected chi connectivity index (χ2v) is 4.11. The molecule has 92 valence electrons. The van der Waals surface area contributed by atoms with Gasteiger partial charge in [0.05, 0.1) is 6.42 Å². The molecule has 1 aromatic heterocycles. The maximum Gasteiger partial charge on any atom is 0.307 e. The zero-order valence-corrected chi connectivity index (χ0v) is 9.99. The van der Waals surface area contributed by atoms with Gasteiger partial charge in [-0.15, -0.1) is 0 Å². The zero-order valence-electron chi connectivity index (χ0n) is 9.23. The number of nitrogens with zero attached hydrogens (tertiary/aromatic N) is 1. The molecule has 1 N–H and O–H groups in total. The van der Waals surface area contributed by atoms with Crippen molar-refractivity contribution in [2.75, 3.05) is 0 Å². The van der Waals surface area contributed by atoms with Crippen LogP contribution >= 0.6 is 11.6 Å². The number of carboxylic acids is 1. The Morgan fingerprint density at radius 1 is 1.28 bits per heavy atom. The Balaban J connectivity index is 2.40. The van der Waals surface area contributed by atoms with Gasteiger partial charge in [0.25, 0.3) is 0 Å². The first-order valence-electron chi connectivity index (χ1n) is 5.18. The van der Waals surface area contributed by atoms with Crippen molar-refractivity contribution >= 4 is 17.6 Å². The molecule has 0 aliphatic carbocycles. The van der Waals surface area contributed by atoms with E-state index >= 15 is 0 Å². The van der Waals surface area contributed by atoms with Gasteiger partial charge in [0, 0.05) is 17.3 Å². The molecule has 2 rings (SSSR count). The molecule has 0 spiro atoms. The highest BCUT2D eigenvalue weighted by atomic mass is 35.5. The van der Waals surface area contributed by atoms with E-state index in [9.17, 15) is 9.18 Å². The third kappa shape index (κ3) is 2.84. The molecule has 0 aliphatic heterocycles.